The Morgan fingerprint density at radius 2 is 1.50 bits per heavy atom. The normalized spacial score (nSPS) is 29.8. The molecule has 0 amide bonds. The van der Waals surface area contributed by atoms with Crippen LogP contribution in [0.3, 0.4) is 0 Å². The zero-order valence-corrected chi connectivity index (χ0v) is 8.47. The van der Waals surface area contributed by atoms with Crippen molar-refractivity contribution in [2.45, 2.75) is 31.7 Å². The highest BCUT2D eigenvalue weighted by Crippen LogP contribution is 2.24. The lowest BCUT2D eigenvalue weighted by molar-refractivity contribution is 0.145. The fourth-order valence-electron chi connectivity index (χ4n) is 2.35. The fourth-order valence-corrected chi connectivity index (χ4v) is 2.52. The van der Waals surface area contributed by atoms with Crippen molar-refractivity contribution in [2.75, 3.05) is 26.2 Å². The predicted octanol–water partition coefficient (Wildman–Crippen LogP) is 1.39. The van der Waals surface area contributed by atoms with Crippen LogP contribution in [0, 0.1) is 0 Å². The summed E-state index contributed by atoms with van der Waals surface area (Å²) < 4.78 is 2.13. The molecular formula is C9H18N2S. The molecule has 0 N–H and O–H groups in total. The molecule has 12 heavy (non-hydrogen) atoms. The van der Waals surface area contributed by atoms with Crippen molar-refractivity contribution in [3.63, 3.8) is 0 Å². The standard InChI is InChI=1S/C9H18N2S/c12-11-7-5-10(6-8-11)9-3-1-2-4-9/h9,12H,1-8H2. The first kappa shape index (κ1) is 8.85. The van der Waals surface area contributed by atoms with Gasteiger partial charge in [0.2, 0.25) is 0 Å². The minimum Gasteiger partial charge on any atom is -0.298 e. The second kappa shape index (κ2) is 3.99. The third-order valence-electron chi connectivity index (χ3n) is 3.13. The zero-order valence-electron chi connectivity index (χ0n) is 7.58. The van der Waals surface area contributed by atoms with E-state index in [0.29, 0.717) is 0 Å². The van der Waals surface area contributed by atoms with E-state index < -0.39 is 0 Å². The molecule has 1 saturated heterocycles. The van der Waals surface area contributed by atoms with Gasteiger partial charge >= 0.3 is 0 Å². The number of thiol groups is 1. The lowest BCUT2D eigenvalue weighted by Gasteiger charge is -2.35. The predicted molar refractivity (Wildman–Crippen MR) is 54.4 cm³/mol. The molecule has 2 nitrogen and oxygen atoms in total. The van der Waals surface area contributed by atoms with Gasteiger partial charge in [-0.15, -0.1) is 0 Å². The number of nitrogens with zero attached hydrogens (tertiary/aromatic N) is 2. The molecule has 2 rings (SSSR count). The number of rotatable bonds is 1. The van der Waals surface area contributed by atoms with Crippen LogP contribution in [0.2, 0.25) is 0 Å². The SMILES string of the molecule is SN1CCN(C2CCCC2)CC1. The van der Waals surface area contributed by atoms with Crippen LogP contribution in [0.4, 0.5) is 0 Å². The molecule has 1 heterocycles. The lowest BCUT2D eigenvalue weighted by Crippen LogP contribution is -2.46. The molecule has 0 bridgehead atoms. The summed E-state index contributed by atoms with van der Waals surface area (Å²) in [4.78, 5) is 2.65. The Kier molecular flexibility index (Phi) is 2.94. The molecule has 1 aliphatic carbocycles. The Hall–Kier alpha value is 0.270. The van der Waals surface area contributed by atoms with Gasteiger partial charge in [0.05, 0.1) is 0 Å². The van der Waals surface area contributed by atoms with Crippen molar-refractivity contribution in [3.8, 4) is 0 Å². The quantitative estimate of drug-likeness (QED) is 0.618. The molecule has 0 atom stereocenters. The maximum Gasteiger partial charge on any atom is 0.0216 e. The van der Waals surface area contributed by atoms with Gasteiger partial charge in [-0.2, -0.15) is 0 Å². The van der Waals surface area contributed by atoms with Crippen molar-refractivity contribution in [2.24, 2.45) is 0 Å². The lowest BCUT2D eigenvalue weighted by atomic mass is 10.2. The maximum atomic E-state index is 4.35. The fraction of sp³-hybridized carbons (Fsp3) is 1.00. The molecule has 0 aromatic rings. The Morgan fingerprint density at radius 1 is 0.917 bits per heavy atom. The molecule has 0 spiro atoms. The van der Waals surface area contributed by atoms with Crippen molar-refractivity contribution >= 4 is 12.8 Å². The van der Waals surface area contributed by atoms with E-state index in [4.69, 9.17) is 0 Å². The van der Waals surface area contributed by atoms with Crippen molar-refractivity contribution in [3.05, 3.63) is 0 Å². The largest absolute Gasteiger partial charge is 0.298 e. The van der Waals surface area contributed by atoms with Gasteiger partial charge < -0.3 is 0 Å². The molecule has 1 aliphatic heterocycles. The van der Waals surface area contributed by atoms with E-state index in [1.807, 2.05) is 0 Å². The Morgan fingerprint density at radius 3 is 2.08 bits per heavy atom. The average Bonchev–Trinajstić information content (AvgIpc) is 2.58. The van der Waals surface area contributed by atoms with E-state index >= 15 is 0 Å². The monoisotopic (exact) mass is 186 g/mol. The summed E-state index contributed by atoms with van der Waals surface area (Å²) in [7, 11) is 0. The molecule has 70 valence electrons. The van der Waals surface area contributed by atoms with Crippen molar-refractivity contribution in [1.29, 1.82) is 0 Å². The first-order valence-electron chi connectivity index (χ1n) is 5.04. The minimum atomic E-state index is 0.909. The molecule has 0 aromatic heterocycles. The van der Waals surface area contributed by atoms with Crippen LogP contribution in [0.15, 0.2) is 0 Å². The first-order chi connectivity index (χ1) is 5.86. The Labute approximate surface area is 80.5 Å². The highest BCUT2D eigenvalue weighted by Gasteiger charge is 2.24. The van der Waals surface area contributed by atoms with Crippen LogP contribution >= 0.6 is 12.8 Å². The van der Waals surface area contributed by atoms with Gasteiger partial charge in [0.15, 0.2) is 0 Å². The summed E-state index contributed by atoms with van der Waals surface area (Å²) >= 11 is 4.35. The summed E-state index contributed by atoms with van der Waals surface area (Å²) in [5.74, 6) is 0. The smallest absolute Gasteiger partial charge is 0.0216 e. The zero-order chi connectivity index (χ0) is 8.39. The summed E-state index contributed by atoms with van der Waals surface area (Å²) in [5, 5.41) is 0. The summed E-state index contributed by atoms with van der Waals surface area (Å²) in [6.07, 6.45) is 5.77. The van der Waals surface area contributed by atoms with E-state index in [-0.39, 0.29) is 0 Å². The first-order valence-corrected chi connectivity index (χ1v) is 5.44. The topological polar surface area (TPSA) is 6.48 Å². The third kappa shape index (κ3) is 1.95. The summed E-state index contributed by atoms with van der Waals surface area (Å²) in [5.41, 5.74) is 0. The van der Waals surface area contributed by atoms with Gasteiger partial charge in [-0.05, 0) is 12.8 Å². The third-order valence-corrected chi connectivity index (χ3v) is 3.53. The van der Waals surface area contributed by atoms with Crippen molar-refractivity contribution in [1.82, 2.24) is 9.21 Å². The molecule has 0 radical (unpaired) electrons. The van der Waals surface area contributed by atoms with Crippen LogP contribution in [-0.2, 0) is 0 Å². The molecule has 2 aliphatic rings. The van der Waals surface area contributed by atoms with Crippen LogP contribution in [0.5, 0.6) is 0 Å². The minimum absolute atomic E-state index is 0.909. The summed E-state index contributed by atoms with van der Waals surface area (Å²) in [6.45, 7) is 4.74. The number of hydrogen-bond acceptors (Lipinski definition) is 3. The van der Waals surface area contributed by atoms with Crippen molar-refractivity contribution < 1.29 is 0 Å². The number of piperazine rings is 1. The molecule has 0 aromatic carbocycles. The second-order valence-corrected chi connectivity index (χ2v) is 4.49. The van der Waals surface area contributed by atoms with Gasteiger partial charge in [-0.1, -0.05) is 25.7 Å². The van der Waals surface area contributed by atoms with Crippen LogP contribution in [-0.4, -0.2) is 41.4 Å². The van der Waals surface area contributed by atoms with E-state index in [1.54, 1.807) is 0 Å². The average molecular weight is 186 g/mol. The second-order valence-electron chi connectivity index (χ2n) is 3.93. The number of hydrogen-bond donors (Lipinski definition) is 1. The van der Waals surface area contributed by atoms with Gasteiger partial charge in [0, 0.05) is 32.2 Å². The van der Waals surface area contributed by atoms with Gasteiger partial charge in [-0.25, -0.2) is 0 Å². The van der Waals surface area contributed by atoms with Crippen LogP contribution < -0.4 is 0 Å². The maximum absolute atomic E-state index is 4.35. The molecular weight excluding hydrogens is 168 g/mol. The van der Waals surface area contributed by atoms with E-state index in [1.165, 1.54) is 38.8 Å². The van der Waals surface area contributed by atoms with E-state index in [9.17, 15) is 0 Å². The highest BCUT2D eigenvalue weighted by atomic mass is 32.1. The molecule has 2 fully saturated rings. The van der Waals surface area contributed by atoms with E-state index in [2.05, 4.69) is 22.0 Å². The highest BCUT2D eigenvalue weighted by molar-refractivity contribution is 7.77. The Bertz CT molecular complexity index is 137. The molecule has 1 saturated carbocycles. The Balaban J connectivity index is 1.80. The molecule has 3 heteroatoms. The van der Waals surface area contributed by atoms with Gasteiger partial charge in [-0.3, -0.25) is 9.21 Å². The van der Waals surface area contributed by atoms with E-state index in [0.717, 1.165) is 19.1 Å². The van der Waals surface area contributed by atoms with Crippen LogP contribution in [0.25, 0.3) is 0 Å². The molecule has 0 unspecified atom stereocenters. The van der Waals surface area contributed by atoms with Gasteiger partial charge in [0.25, 0.3) is 0 Å². The van der Waals surface area contributed by atoms with Crippen LogP contribution in [0.1, 0.15) is 25.7 Å². The summed E-state index contributed by atoms with van der Waals surface area (Å²) in [6, 6.07) is 0.909. The van der Waals surface area contributed by atoms with Gasteiger partial charge in [0.1, 0.15) is 0 Å².